The van der Waals surface area contributed by atoms with Crippen molar-refractivity contribution in [1.29, 1.82) is 0 Å². The zero-order chi connectivity index (χ0) is 13.1. The summed E-state index contributed by atoms with van der Waals surface area (Å²) < 4.78 is 0. The topological polar surface area (TPSA) is 49.6 Å². The Morgan fingerprint density at radius 1 is 1.17 bits per heavy atom. The van der Waals surface area contributed by atoms with Crippen molar-refractivity contribution >= 4 is 17.3 Å². The van der Waals surface area contributed by atoms with Crippen molar-refractivity contribution in [1.82, 2.24) is 4.90 Å². The third-order valence-corrected chi connectivity index (χ3v) is 3.39. The highest BCUT2D eigenvalue weighted by Crippen LogP contribution is 2.21. The van der Waals surface area contributed by atoms with Gasteiger partial charge in [0.05, 0.1) is 0 Å². The molecule has 0 atom stereocenters. The number of aryl methyl sites for hydroxylation is 1. The molecule has 18 heavy (non-hydrogen) atoms. The average molecular weight is 247 g/mol. The lowest BCUT2D eigenvalue weighted by Crippen LogP contribution is -2.33. The molecule has 98 valence electrons. The van der Waals surface area contributed by atoms with Crippen molar-refractivity contribution in [2.45, 2.75) is 20.3 Å². The summed E-state index contributed by atoms with van der Waals surface area (Å²) in [6.07, 6.45) is 1.01. The van der Waals surface area contributed by atoms with Gasteiger partial charge < -0.3 is 15.5 Å². The quantitative estimate of drug-likeness (QED) is 0.767. The third-order valence-electron chi connectivity index (χ3n) is 3.39. The normalized spacial score (nSPS) is 16.6. The number of carbonyl (C=O) groups is 1. The van der Waals surface area contributed by atoms with Crippen LogP contribution >= 0.6 is 0 Å². The molecule has 1 saturated heterocycles. The second-order valence-electron chi connectivity index (χ2n) is 4.95. The molecular weight excluding hydrogens is 226 g/mol. The molecule has 4 heteroatoms. The van der Waals surface area contributed by atoms with Crippen LogP contribution < -0.4 is 10.6 Å². The highest BCUT2D eigenvalue weighted by Gasteiger charge is 2.16. The second kappa shape index (κ2) is 5.29. The van der Waals surface area contributed by atoms with Gasteiger partial charge in [0.15, 0.2) is 0 Å². The van der Waals surface area contributed by atoms with Gasteiger partial charge in [-0.25, -0.2) is 0 Å². The van der Waals surface area contributed by atoms with Gasteiger partial charge in [0.25, 0.3) is 0 Å². The number of hydrogen-bond acceptors (Lipinski definition) is 3. The molecule has 0 bridgehead atoms. The van der Waals surface area contributed by atoms with Crippen LogP contribution in [0.25, 0.3) is 0 Å². The molecule has 1 heterocycles. The molecule has 1 aliphatic heterocycles. The van der Waals surface area contributed by atoms with E-state index >= 15 is 0 Å². The maximum Gasteiger partial charge on any atom is 0.219 e. The first-order valence-corrected chi connectivity index (χ1v) is 6.44. The molecular formula is C14H21N3O. The lowest BCUT2D eigenvalue weighted by Gasteiger charge is -2.24. The van der Waals surface area contributed by atoms with Gasteiger partial charge >= 0.3 is 0 Å². The van der Waals surface area contributed by atoms with Crippen LogP contribution in [0.15, 0.2) is 18.2 Å². The maximum absolute atomic E-state index is 11.4. The van der Waals surface area contributed by atoms with Crippen molar-refractivity contribution in [3.8, 4) is 0 Å². The molecule has 0 aromatic heterocycles. The minimum absolute atomic E-state index is 0.167. The molecule has 2 rings (SSSR count). The molecule has 2 N–H and O–H groups in total. The smallest absolute Gasteiger partial charge is 0.219 e. The number of benzene rings is 1. The molecule has 4 nitrogen and oxygen atoms in total. The molecule has 0 unspecified atom stereocenters. The van der Waals surface area contributed by atoms with E-state index in [0.29, 0.717) is 0 Å². The Labute approximate surface area is 108 Å². The molecule has 0 aliphatic carbocycles. The van der Waals surface area contributed by atoms with Gasteiger partial charge in [-0.2, -0.15) is 0 Å². The summed E-state index contributed by atoms with van der Waals surface area (Å²) >= 11 is 0. The van der Waals surface area contributed by atoms with Crippen molar-refractivity contribution < 1.29 is 4.79 Å². The third kappa shape index (κ3) is 2.94. The summed E-state index contributed by atoms with van der Waals surface area (Å²) in [6, 6.07) is 6.14. The zero-order valence-electron chi connectivity index (χ0n) is 11.1. The molecule has 0 radical (unpaired) electrons. The summed E-state index contributed by atoms with van der Waals surface area (Å²) in [7, 11) is 0. The van der Waals surface area contributed by atoms with Crippen LogP contribution in [0.5, 0.6) is 0 Å². The van der Waals surface area contributed by atoms with Crippen molar-refractivity contribution in [3.63, 3.8) is 0 Å². The lowest BCUT2D eigenvalue weighted by molar-refractivity contribution is -0.128. The van der Waals surface area contributed by atoms with Crippen LogP contribution in [0.4, 0.5) is 11.4 Å². The number of nitrogens with zero attached hydrogens (tertiary/aromatic N) is 2. The van der Waals surface area contributed by atoms with E-state index in [1.54, 1.807) is 6.92 Å². The number of amides is 1. The minimum atomic E-state index is 0.167. The first-order chi connectivity index (χ1) is 8.56. The zero-order valence-corrected chi connectivity index (χ0v) is 11.1. The predicted molar refractivity (Wildman–Crippen MR) is 74.7 cm³/mol. The SMILES string of the molecule is CC(=O)N1CCCN(c2cc(C)cc(N)c2)CC1. The van der Waals surface area contributed by atoms with E-state index in [9.17, 15) is 4.79 Å². The van der Waals surface area contributed by atoms with Crippen LogP contribution in [0.3, 0.4) is 0 Å². The van der Waals surface area contributed by atoms with Gasteiger partial charge in [-0.15, -0.1) is 0 Å². The van der Waals surface area contributed by atoms with E-state index in [4.69, 9.17) is 5.73 Å². The van der Waals surface area contributed by atoms with E-state index < -0.39 is 0 Å². The molecule has 1 aliphatic rings. The van der Waals surface area contributed by atoms with Gasteiger partial charge in [-0.3, -0.25) is 4.79 Å². The fraction of sp³-hybridized carbons (Fsp3) is 0.500. The number of anilines is 2. The summed E-state index contributed by atoms with van der Waals surface area (Å²) in [4.78, 5) is 15.6. The predicted octanol–water partition coefficient (Wildman–Crippen LogP) is 1.64. The Hall–Kier alpha value is -1.71. The molecule has 0 spiro atoms. The van der Waals surface area contributed by atoms with Gasteiger partial charge in [0.1, 0.15) is 0 Å². The standard InChI is InChI=1S/C14H21N3O/c1-11-8-13(15)10-14(9-11)17-5-3-4-16(6-7-17)12(2)18/h8-10H,3-7,15H2,1-2H3. The van der Waals surface area contributed by atoms with Gasteiger partial charge in [0.2, 0.25) is 5.91 Å². The number of hydrogen-bond donors (Lipinski definition) is 1. The first kappa shape index (κ1) is 12.7. The van der Waals surface area contributed by atoms with Crippen LogP contribution in [-0.2, 0) is 4.79 Å². The maximum atomic E-state index is 11.4. The van der Waals surface area contributed by atoms with Crippen LogP contribution in [0.1, 0.15) is 18.9 Å². The highest BCUT2D eigenvalue weighted by atomic mass is 16.2. The molecule has 1 aromatic carbocycles. The second-order valence-corrected chi connectivity index (χ2v) is 4.95. The Kier molecular flexibility index (Phi) is 3.75. The van der Waals surface area contributed by atoms with E-state index in [2.05, 4.69) is 17.9 Å². The highest BCUT2D eigenvalue weighted by molar-refractivity contribution is 5.73. The van der Waals surface area contributed by atoms with Crippen LogP contribution in [0, 0.1) is 6.92 Å². The Bertz CT molecular complexity index is 424. The van der Waals surface area contributed by atoms with E-state index in [1.807, 2.05) is 17.0 Å². The minimum Gasteiger partial charge on any atom is -0.399 e. The Morgan fingerprint density at radius 2 is 1.94 bits per heavy atom. The largest absolute Gasteiger partial charge is 0.399 e. The van der Waals surface area contributed by atoms with E-state index in [1.165, 1.54) is 5.56 Å². The summed E-state index contributed by atoms with van der Waals surface area (Å²) in [5, 5.41) is 0. The van der Waals surface area contributed by atoms with E-state index in [0.717, 1.165) is 44.0 Å². The summed E-state index contributed by atoms with van der Waals surface area (Å²) in [5.41, 5.74) is 9.04. The van der Waals surface area contributed by atoms with Gasteiger partial charge in [0, 0.05) is 44.5 Å². The monoisotopic (exact) mass is 247 g/mol. The summed E-state index contributed by atoms with van der Waals surface area (Å²) in [6.45, 7) is 7.20. The average Bonchev–Trinajstić information content (AvgIpc) is 2.52. The van der Waals surface area contributed by atoms with Crippen LogP contribution in [-0.4, -0.2) is 37.0 Å². The molecule has 1 aromatic rings. The number of rotatable bonds is 1. The molecule has 1 fully saturated rings. The van der Waals surface area contributed by atoms with Crippen molar-refractivity contribution in [2.75, 3.05) is 36.8 Å². The van der Waals surface area contributed by atoms with Crippen molar-refractivity contribution in [2.24, 2.45) is 0 Å². The number of nitrogens with two attached hydrogens (primary N) is 1. The Morgan fingerprint density at radius 3 is 2.61 bits per heavy atom. The van der Waals surface area contributed by atoms with Crippen LogP contribution in [0.2, 0.25) is 0 Å². The summed E-state index contributed by atoms with van der Waals surface area (Å²) in [5.74, 6) is 0.167. The molecule has 1 amide bonds. The first-order valence-electron chi connectivity index (χ1n) is 6.44. The Balaban J connectivity index is 2.12. The fourth-order valence-corrected chi connectivity index (χ4v) is 2.47. The molecule has 0 saturated carbocycles. The van der Waals surface area contributed by atoms with Crippen molar-refractivity contribution in [3.05, 3.63) is 23.8 Å². The van der Waals surface area contributed by atoms with Gasteiger partial charge in [-0.05, 0) is 37.1 Å². The van der Waals surface area contributed by atoms with E-state index in [-0.39, 0.29) is 5.91 Å². The van der Waals surface area contributed by atoms with Gasteiger partial charge in [-0.1, -0.05) is 0 Å². The number of nitrogen functional groups attached to an aromatic ring is 1. The number of carbonyl (C=O) groups excluding carboxylic acids is 1. The fourth-order valence-electron chi connectivity index (χ4n) is 2.47. The lowest BCUT2D eigenvalue weighted by atomic mass is 10.2.